The summed E-state index contributed by atoms with van der Waals surface area (Å²) in [6.07, 6.45) is 0. The summed E-state index contributed by atoms with van der Waals surface area (Å²) < 4.78 is 14.2. The van der Waals surface area contributed by atoms with Crippen LogP contribution in [0.3, 0.4) is 0 Å². The molecular formula is C7H9N2O5P. The summed E-state index contributed by atoms with van der Waals surface area (Å²) in [4.78, 5) is 27.9. The number of benzene rings is 1. The Morgan fingerprint density at radius 3 is 2.27 bits per heavy atom. The molecule has 1 aromatic carbocycles. The molecule has 0 heterocycles. The van der Waals surface area contributed by atoms with E-state index >= 15 is 0 Å². The maximum atomic E-state index is 11.1. The molecule has 82 valence electrons. The van der Waals surface area contributed by atoms with E-state index in [1.54, 1.807) is 0 Å². The molecule has 0 bridgehead atoms. The van der Waals surface area contributed by atoms with E-state index < -0.39 is 13.8 Å². The molecule has 0 unspecified atom stereocenters. The summed E-state index contributed by atoms with van der Waals surface area (Å²) in [7, 11) is -4.80. The minimum Gasteiger partial charge on any atom is -0.367 e. The van der Waals surface area contributed by atoms with E-state index in [-0.39, 0.29) is 5.56 Å². The van der Waals surface area contributed by atoms with Crippen LogP contribution >= 0.6 is 7.82 Å². The third kappa shape index (κ3) is 3.69. The van der Waals surface area contributed by atoms with Gasteiger partial charge in [0.1, 0.15) is 0 Å². The predicted octanol–water partition coefficient (Wildman–Crippen LogP) is 0.222. The lowest BCUT2D eigenvalue weighted by Crippen LogP contribution is -2.07. The van der Waals surface area contributed by atoms with Gasteiger partial charge in [0.15, 0.2) is 0 Å². The summed E-state index contributed by atoms with van der Waals surface area (Å²) in [6.45, 7) is 0. The molecule has 0 radical (unpaired) electrons. The topological polar surface area (TPSA) is 122 Å². The molecule has 1 aromatic rings. The van der Waals surface area contributed by atoms with Gasteiger partial charge in [-0.1, -0.05) is 0 Å². The third-order valence-electron chi connectivity index (χ3n) is 1.49. The monoisotopic (exact) mass is 232 g/mol. The van der Waals surface area contributed by atoms with Crippen molar-refractivity contribution >= 4 is 19.5 Å². The summed E-state index contributed by atoms with van der Waals surface area (Å²) >= 11 is 0. The molecule has 1 rings (SSSR count). The molecule has 7 nitrogen and oxygen atoms in total. The van der Waals surface area contributed by atoms with E-state index in [9.17, 15) is 9.36 Å². The van der Waals surface area contributed by atoms with Crippen molar-refractivity contribution in [3.63, 3.8) is 0 Å². The van der Waals surface area contributed by atoms with Gasteiger partial charge in [0.05, 0.1) is 5.56 Å². The first kappa shape index (κ1) is 11.7. The van der Waals surface area contributed by atoms with E-state index in [0.717, 1.165) is 0 Å². The second kappa shape index (κ2) is 4.41. The van der Waals surface area contributed by atoms with Crippen LogP contribution in [-0.2, 0) is 9.09 Å². The molecule has 8 heteroatoms. The van der Waals surface area contributed by atoms with Crippen LogP contribution in [0, 0.1) is 0 Å². The lowest BCUT2D eigenvalue weighted by molar-refractivity contribution is 0.0678. The number of nitrogens with one attached hydrogen (secondary N) is 1. The number of rotatable bonds is 3. The maximum absolute atomic E-state index is 11.1. The van der Waals surface area contributed by atoms with Crippen molar-refractivity contribution in [1.82, 2.24) is 0 Å². The fourth-order valence-electron chi connectivity index (χ4n) is 0.863. The van der Waals surface area contributed by atoms with Crippen molar-refractivity contribution in [3.8, 4) is 0 Å². The maximum Gasteiger partial charge on any atom is 0.527 e. The molecule has 0 saturated carbocycles. The summed E-state index contributed by atoms with van der Waals surface area (Å²) in [5, 5.41) is 0. The van der Waals surface area contributed by atoms with Crippen LogP contribution in [-0.4, -0.2) is 15.8 Å². The number of hydrogen-bond donors (Lipinski definition) is 4. The van der Waals surface area contributed by atoms with E-state index in [1.807, 2.05) is 0 Å². The van der Waals surface area contributed by atoms with Gasteiger partial charge in [0.25, 0.3) is 0 Å². The Kier molecular flexibility index (Phi) is 3.43. The number of hydrazine groups is 1. The summed E-state index contributed by atoms with van der Waals surface area (Å²) in [6, 6.07) is 5.59. The summed E-state index contributed by atoms with van der Waals surface area (Å²) in [5.74, 6) is 4.00. The first-order valence-corrected chi connectivity index (χ1v) is 5.31. The zero-order valence-corrected chi connectivity index (χ0v) is 8.35. The molecule has 0 saturated heterocycles. The number of carbonyl (C=O) groups is 1. The molecular weight excluding hydrogens is 223 g/mol. The fraction of sp³-hybridized carbons (Fsp3) is 0. The Balaban J connectivity index is 2.79. The van der Waals surface area contributed by atoms with Crippen LogP contribution in [0.5, 0.6) is 0 Å². The second-order valence-electron chi connectivity index (χ2n) is 2.59. The van der Waals surface area contributed by atoms with E-state index in [2.05, 4.69) is 9.95 Å². The zero-order chi connectivity index (χ0) is 11.5. The number of nitrogen functional groups attached to an aromatic ring is 1. The van der Waals surface area contributed by atoms with Crippen molar-refractivity contribution in [3.05, 3.63) is 29.8 Å². The predicted molar refractivity (Wildman–Crippen MR) is 51.7 cm³/mol. The van der Waals surface area contributed by atoms with Crippen molar-refractivity contribution in [2.45, 2.75) is 0 Å². The van der Waals surface area contributed by atoms with Gasteiger partial charge in [0, 0.05) is 5.69 Å². The quantitative estimate of drug-likeness (QED) is 0.334. The molecule has 0 aliphatic rings. The second-order valence-corrected chi connectivity index (χ2v) is 3.75. The lowest BCUT2D eigenvalue weighted by Gasteiger charge is -2.05. The minimum absolute atomic E-state index is 0.0253. The Labute approximate surface area is 85.1 Å². The molecule has 15 heavy (non-hydrogen) atoms. The first-order chi connectivity index (χ1) is 6.92. The van der Waals surface area contributed by atoms with Gasteiger partial charge in [-0.2, -0.15) is 0 Å². The van der Waals surface area contributed by atoms with E-state index in [4.69, 9.17) is 15.6 Å². The molecule has 0 aliphatic carbocycles. The molecule has 0 aromatic heterocycles. The van der Waals surface area contributed by atoms with Crippen LogP contribution in [0.1, 0.15) is 10.4 Å². The molecule has 0 spiro atoms. The zero-order valence-electron chi connectivity index (χ0n) is 7.45. The number of hydrogen-bond acceptors (Lipinski definition) is 5. The standard InChI is InChI=1S/C7H9N2O5P/c8-9-6-3-1-5(2-4-6)7(10)14-15(11,12)13/h1-4,9H,8H2,(H2,11,12,13). The van der Waals surface area contributed by atoms with Crippen LogP contribution < -0.4 is 11.3 Å². The SMILES string of the molecule is NNc1ccc(C(=O)OP(=O)(O)O)cc1. The van der Waals surface area contributed by atoms with Gasteiger partial charge in [0.2, 0.25) is 0 Å². The largest absolute Gasteiger partial charge is 0.527 e. The van der Waals surface area contributed by atoms with Gasteiger partial charge in [-0.15, -0.1) is 0 Å². The minimum atomic E-state index is -4.80. The molecule has 0 aliphatic heterocycles. The average molecular weight is 232 g/mol. The van der Waals surface area contributed by atoms with Crippen LogP contribution in [0.2, 0.25) is 0 Å². The normalized spacial score (nSPS) is 10.9. The Morgan fingerprint density at radius 1 is 1.33 bits per heavy atom. The number of carbonyl (C=O) groups excluding carboxylic acids is 1. The third-order valence-corrected chi connectivity index (χ3v) is 1.89. The molecule has 0 atom stereocenters. The van der Waals surface area contributed by atoms with Gasteiger partial charge in [-0.25, -0.2) is 9.36 Å². The van der Waals surface area contributed by atoms with E-state index in [1.165, 1.54) is 24.3 Å². The van der Waals surface area contributed by atoms with Crippen LogP contribution in [0.15, 0.2) is 24.3 Å². The highest BCUT2D eigenvalue weighted by Crippen LogP contribution is 2.36. The lowest BCUT2D eigenvalue weighted by atomic mass is 10.2. The number of nitrogens with two attached hydrogens (primary N) is 1. The molecule has 0 fully saturated rings. The molecule has 5 N–H and O–H groups in total. The highest BCUT2D eigenvalue weighted by molar-refractivity contribution is 7.46. The Hall–Kier alpha value is -1.40. The van der Waals surface area contributed by atoms with Gasteiger partial charge < -0.3 is 9.95 Å². The van der Waals surface area contributed by atoms with Crippen molar-refractivity contribution < 1.29 is 23.7 Å². The number of anilines is 1. The highest BCUT2D eigenvalue weighted by atomic mass is 31.2. The molecule has 0 amide bonds. The Bertz CT molecular complexity index is 398. The van der Waals surface area contributed by atoms with Crippen molar-refractivity contribution in [2.24, 2.45) is 5.84 Å². The fourth-order valence-corrected chi connectivity index (χ4v) is 1.18. The number of phosphoric acid groups is 1. The van der Waals surface area contributed by atoms with Gasteiger partial charge in [-0.05, 0) is 24.3 Å². The summed E-state index contributed by atoms with van der Waals surface area (Å²) in [5.41, 5.74) is 2.92. The van der Waals surface area contributed by atoms with Crippen LogP contribution in [0.25, 0.3) is 0 Å². The average Bonchev–Trinajstić information content (AvgIpc) is 2.15. The van der Waals surface area contributed by atoms with E-state index in [0.29, 0.717) is 5.69 Å². The van der Waals surface area contributed by atoms with Crippen molar-refractivity contribution in [1.29, 1.82) is 0 Å². The smallest absolute Gasteiger partial charge is 0.367 e. The number of phosphoric ester groups is 1. The van der Waals surface area contributed by atoms with Gasteiger partial charge in [-0.3, -0.25) is 15.6 Å². The first-order valence-electron chi connectivity index (χ1n) is 3.78. The van der Waals surface area contributed by atoms with Crippen molar-refractivity contribution in [2.75, 3.05) is 5.43 Å². The van der Waals surface area contributed by atoms with Crippen LogP contribution in [0.4, 0.5) is 5.69 Å². The highest BCUT2D eigenvalue weighted by Gasteiger charge is 2.21. The Morgan fingerprint density at radius 2 is 1.87 bits per heavy atom. The van der Waals surface area contributed by atoms with Gasteiger partial charge >= 0.3 is 13.8 Å².